The van der Waals surface area contributed by atoms with Crippen LogP contribution < -0.4 is 11.2 Å². The van der Waals surface area contributed by atoms with Gasteiger partial charge in [0.15, 0.2) is 5.78 Å². The Morgan fingerprint density at radius 1 is 1.15 bits per heavy atom. The Kier molecular flexibility index (Phi) is 3.88. The fourth-order valence-electron chi connectivity index (χ4n) is 1.70. The SMILES string of the molecule is O=C(Cc1ccccc1F)Cn1cc(F)c(=O)[nH]c1=O. The molecule has 0 aliphatic heterocycles. The molecule has 0 amide bonds. The highest BCUT2D eigenvalue weighted by Crippen LogP contribution is 2.07. The minimum Gasteiger partial charge on any atom is -0.297 e. The molecule has 0 saturated carbocycles. The summed E-state index contributed by atoms with van der Waals surface area (Å²) in [6.45, 7) is -0.444. The first-order valence-corrected chi connectivity index (χ1v) is 5.72. The molecular weight excluding hydrogens is 270 g/mol. The highest BCUT2D eigenvalue weighted by molar-refractivity contribution is 5.80. The number of nitrogens with zero attached hydrogens (tertiary/aromatic N) is 1. The van der Waals surface area contributed by atoms with Gasteiger partial charge in [0.25, 0.3) is 5.56 Å². The molecule has 104 valence electrons. The zero-order chi connectivity index (χ0) is 14.7. The summed E-state index contributed by atoms with van der Waals surface area (Å²) in [5.41, 5.74) is -1.85. The van der Waals surface area contributed by atoms with Crippen LogP contribution in [0.5, 0.6) is 0 Å². The topological polar surface area (TPSA) is 71.9 Å². The molecule has 0 saturated heterocycles. The molecule has 1 N–H and O–H groups in total. The Labute approximate surface area is 111 Å². The molecule has 0 aliphatic rings. The maximum atomic E-state index is 13.4. The lowest BCUT2D eigenvalue weighted by Crippen LogP contribution is -2.33. The second-order valence-corrected chi connectivity index (χ2v) is 4.17. The van der Waals surface area contributed by atoms with E-state index in [-0.39, 0.29) is 12.0 Å². The van der Waals surface area contributed by atoms with Crippen LogP contribution in [-0.4, -0.2) is 15.3 Å². The van der Waals surface area contributed by atoms with E-state index in [0.29, 0.717) is 6.20 Å². The number of carbonyl (C=O) groups excluding carboxylic acids is 1. The minimum absolute atomic E-state index is 0.190. The fourth-order valence-corrected chi connectivity index (χ4v) is 1.70. The number of hydrogen-bond donors (Lipinski definition) is 1. The summed E-state index contributed by atoms with van der Waals surface area (Å²) < 4.78 is 27.1. The molecule has 0 spiro atoms. The lowest BCUT2D eigenvalue weighted by atomic mass is 10.1. The van der Waals surface area contributed by atoms with Gasteiger partial charge in [-0.05, 0) is 11.6 Å². The zero-order valence-electron chi connectivity index (χ0n) is 10.2. The molecule has 0 unspecified atom stereocenters. The van der Waals surface area contributed by atoms with Crippen molar-refractivity contribution in [1.29, 1.82) is 0 Å². The highest BCUT2D eigenvalue weighted by Gasteiger charge is 2.11. The third kappa shape index (κ3) is 3.05. The molecule has 0 aliphatic carbocycles. The zero-order valence-corrected chi connectivity index (χ0v) is 10.2. The van der Waals surface area contributed by atoms with Crippen molar-refractivity contribution in [2.45, 2.75) is 13.0 Å². The van der Waals surface area contributed by atoms with E-state index in [1.54, 1.807) is 11.1 Å². The van der Waals surface area contributed by atoms with E-state index in [2.05, 4.69) is 0 Å². The third-order valence-corrected chi connectivity index (χ3v) is 2.66. The number of H-pyrrole nitrogens is 1. The number of rotatable bonds is 4. The Morgan fingerprint density at radius 3 is 2.55 bits per heavy atom. The number of aromatic amines is 1. The number of Topliss-reactive ketones (excluding diaryl/α,β-unsaturated/α-hetero) is 1. The van der Waals surface area contributed by atoms with Crippen molar-refractivity contribution in [3.63, 3.8) is 0 Å². The first kappa shape index (κ1) is 13.9. The molecule has 7 heteroatoms. The third-order valence-electron chi connectivity index (χ3n) is 2.66. The average molecular weight is 280 g/mol. The van der Waals surface area contributed by atoms with Gasteiger partial charge in [-0.25, -0.2) is 9.18 Å². The predicted molar refractivity (Wildman–Crippen MR) is 66.4 cm³/mol. The van der Waals surface area contributed by atoms with Crippen LogP contribution in [0.25, 0.3) is 0 Å². The van der Waals surface area contributed by atoms with Crippen LogP contribution >= 0.6 is 0 Å². The number of halogens is 2. The summed E-state index contributed by atoms with van der Waals surface area (Å²) in [5.74, 6) is -2.17. The number of nitrogens with one attached hydrogen (secondary N) is 1. The summed E-state index contributed by atoms with van der Waals surface area (Å²) in [6.07, 6.45) is 0.431. The molecule has 0 radical (unpaired) electrons. The maximum Gasteiger partial charge on any atom is 0.328 e. The summed E-state index contributed by atoms with van der Waals surface area (Å²) in [7, 11) is 0. The van der Waals surface area contributed by atoms with Crippen LogP contribution in [-0.2, 0) is 17.8 Å². The quantitative estimate of drug-likeness (QED) is 0.892. The molecule has 2 rings (SSSR count). The van der Waals surface area contributed by atoms with Crippen LogP contribution in [0.4, 0.5) is 8.78 Å². The Balaban J connectivity index is 2.17. The standard InChI is InChI=1S/C13H10F2N2O3/c14-10-4-2-1-3-8(10)5-9(18)6-17-7-11(15)12(19)16-13(17)20/h1-4,7H,5-6H2,(H,16,19,20). The van der Waals surface area contributed by atoms with Crippen molar-refractivity contribution in [3.8, 4) is 0 Å². The summed E-state index contributed by atoms with van der Waals surface area (Å²) >= 11 is 0. The number of benzene rings is 1. The highest BCUT2D eigenvalue weighted by atomic mass is 19.1. The van der Waals surface area contributed by atoms with E-state index in [9.17, 15) is 23.2 Å². The van der Waals surface area contributed by atoms with Gasteiger partial charge in [-0.1, -0.05) is 18.2 Å². The van der Waals surface area contributed by atoms with Crippen molar-refractivity contribution in [1.82, 2.24) is 9.55 Å². The van der Waals surface area contributed by atoms with E-state index >= 15 is 0 Å². The molecule has 1 aromatic heterocycles. The van der Waals surface area contributed by atoms with Crippen molar-refractivity contribution in [2.75, 3.05) is 0 Å². The number of aromatic nitrogens is 2. The molecular formula is C13H10F2N2O3. The lowest BCUT2D eigenvalue weighted by Gasteiger charge is -2.05. The maximum absolute atomic E-state index is 13.4. The summed E-state index contributed by atoms with van der Waals surface area (Å²) in [4.78, 5) is 35.7. The molecule has 0 atom stereocenters. The molecule has 20 heavy (non-hydrogen) atoms. The van der Waals surface area contributed by atoms with Gasteiger partial charge in [-0.3, -0.25) is 19.1 Å². The van der Waals surface area contributed by atoms with Crippen LogP contribution in [0.2, 0.25) is 0 Å². The van der Waals surface area contributed by atoms with Crippen LogP contribution in [0.1, 0.15) is 5.56 Å². The largest absolute Gasteiger partial charge is 0.328 e. The van der Waals surface area contributed by atoms with Crippen molar-refractivity contribution >= 4 is 5.78 Å². The van der Waals surface area contributed by atoms with Gasteiger partial charge in [0.1, 0.15) is 5.82 Å². The van der Waals surface area contributed by atoms with Crippen LogP contribution in [0.15, 0.2) is 40.1 Å². The number of carbonyl (C=O) groups is 1. The number of hydrogen-bond acceptors (Lipinski definition) is 3. The fraction of sp³-hybridized carbons (Fsp3) is 0.154. The van der Waals surface area contributed by atoms with Gasteiger partial charge in [0.05, 0.1) is 12.7 Å². The van der Waals surface area contributed by atoms with E-state index in [1.807, 2.05) is 0 Å². The summed E-state index contributed by atoms with van der Waals surface area (Å²) in [5, 5.41) is 0. The van der Waals surface area contributed by atoms with Crippen LogP contribution in [0.3, 0.4) is 0 Å². The first-order valence-electron chi connectivity index (χ1n) is 5.72. The molecule has 5 nitrogen and oxygen atoms in total. The van der Waals surface area contributed by atoms with E-state index in [0.717, 1.165) is 4.57 Å². The average Bonchev–Trinajstić information content (AvgIpc) is 2.39. The lowest BCUT2D eigenvalue weighted by molar-refractivity contribution is -0.119. The Hall–Kier alpha value is -2.57. The normalized spacial score (nSPS) is 10.5. The number of ketones is 1. The van der Waals surface area contributed by atoms with Gasteiger partial charge < -0.3 is 0 Å². The van der Waals surface area contributed by atoms with Crippen molar-refractivity contribution in [3.05, 3.63) is 68.5 Å². The Bertz CT molecular complexity index is 765. The minimum atomic E-state index is -1.16. The first-order chi connectivity index (χ1) is 9.47. The van der Waals surface area contributed by atoms with Crippen molar-refractivity contribution < 1.29 is 13.6 Å². The van der Waals surface area contributed by atoms with Gasteiger partial charge >= 0.3 is 5.69 Å². The van der Waals surface area contributed by atoms with Crippen LogP contribution in [0, 0.1) is 11.6 Å². The second kappa shape index (κ2) is 5.60. The van der Waals surface area contributed by atoms with Gasteiger partial charge in [0, 0.05) is 6.42 Å². The van der Waals surface area contributed by atoms with Crippen molar-refractivity contribution in [2.24, 2.45) is 0 Å². The summed E-state index contributed by atoms with van der Waals surface area (Å²) in [6, 6.07) is 5.74. The predicted octanol–water partition coefficient (Wildman–Crippen LogP) is 0.627. The molecule has 1 aromatic carbocycles. The molecule has 0 bridgehead atoms. The van der Waals surface area contributed by atoms with E-state index in [1.165, 1.54) is 18.2 Å². The van der Waals surface area contributed by atoms with Gasteiger partial charge in [-0.15, -0.1) is 0 Å². The van der Waals surface area contributed by atoms with Gasteiger partial charge in [0.2, 0.25) is 5.82 Å². The molecule has 0 fully saturated rings. The van der Waals surface area contributed by atoms with Gasteiger partial charge in [-0.2, -0.15) is 4.39 Å². The monoisotopic (exact) mass is 280 g/mol. The smallest absolute Gasteiger partial charge is 0.297 e. The van der Waals surface area contributed by atoms with E-state index < -0.39 is 35.2 Å². The van der Waals surface area contributed by atoms with E-state index in [4.69, 9.17) is 0 Å². The molecule has 2 aromatic rings. The Morgan fingerprint density at radius 2 is 1.85 bits per heavy atom. The molecule has 1 heterocycles. The second-order valence-electron chi connectivity index (χ2n) is 4.17.